The van der Waals surface area contributed by atoms with Gasteiger partial charge >= 0.3 is 0 Å². The number of halogens is 2. The van der Waals surface area contributed by atoms with E-state index in [2.05, 4.69) is 4.74 Å². The van der Waals surface area contributed by atoms with E-state index in [0.717, 1.165) is 12.1 Å². The summed E-state index contributed by atoms with van der Waals surface area (Å²) in [5.74, 6) is -3.22. The fourth-order valence-corrected chi connectivity index (χ4v) is 0.761. The van der Waals surface area contributed by atoms with Crippen molar-refractivity contribution in [2.45, 2.75) is 0 Å². The van der Waals surface area contributed by atoms with Gasteiger partial charge in [0.25, 0.3) is 0 Å². The average Bonchev–Trinajstić information content (AvgIpc) is 2.10. The van der Waals surface area contributed by atoms with Crippen molar-refractivity contribution in [2.24, 2.45) is 0 Å². The van der Waals surface area contributed by atoms with Crippen LogP contribution in [0.2, 0.25) is 0 Å². The van der Waals surface area contributed by atoms with Crippen LogP contribution in [0.5, 0.6) is 11.5 Å². The van der Waals surface area contributed by atoms with E-state index < -0.39 is 17.4 Å². The minimum atomic E-state index is -1.29. The Labute approximate surface area is 73.5 Å². The van der Waals surface area contributed by atoms with Crippen LogP contribution >= 0.6 is 0 Å². The first-order valence-electron chi connectivity index (χ1n) is 3.45. The van der Waals surface area contributed by atoms with Crippen molar-refractivity contribution in [3.63, 3.8) is 0 Å². The van der Waals surface area contributed by atoms with E-state index in [0.29, 0.717) is 0 Å². The molecule has 5 heteroatoms. The van der Waals surface area contributed by atoms with Crippen LogP contribution in [0.15, 0.2) is 12.1 Å². The standard InChI is InChI=1S/C8H8F2O3/c1-12-4-13-5-2-6(9)8(10)7(11)3-5/h2-3,11H,4H2,1H3. The first kappa shape index (κ1) is 9.73. The summed E-state index contributed by atoms with van der Waals surface area (Å²) in [6.07, 6.45) is 0. The Morgan fingerprint density at radius 1 is 1.38 bits per heavy atom. The zero-order valence-electron chi connectivity index (χ0n) is 6.88. The number of phenolic OH excluding ortho intramolecular Hbond substituents is 1. The van der Waals surface area contributed by atoms with Gasteiger partial charge in [-0.3, -0.25) is 0 Å². The maximum atomic E-state index is 12.6. The van der Waals surface area contributed by atoms with E-state index in [4.69, 9.17) is 9.84 Å². The molecule has 0 atom stereocenters. The number of ether oxygens (including phenoxy) is 2. The molecule has 0 unspecified atom stereocenters. The van der Waals surface area contributed by atoms with Crippen molar-refractivity contribution in [2.75, 3.05) is 13.9 Å². The van der Waals surface area contributed by atoms with E-state index in [1.165, 1.54) is 7.11 Å². The van der Waals surface area contributed by atoms with Gasteiger partial charge in [0.15, 0.2) is 18.4 Å². The molecule has 0 saturated carbocycles. The summed E-state index contributed by atoms with van der Waals surface area (Å²) in [5.41, 5.74) is 0. The van der Waals surface area contributed by atoms with Gasteiger partial charge in [0.1, 0.15) is 5.75 Å². The van der Waals surface area contributed by atoms with Crippen LogP contribution in [0, 0.1) is 11.6 Å². The molecule has 1 aromatic rings. The Morgan fingerprint density at radius 3 is 2.62 bits per heavy atom. The predicted octanol–water partition coefficient (Wildman–Crippen LogP) is 1.65. The largest absolute Gasteiger partial charge is 0.505 e. The highest BCUT2D eigenvalue weighted by atomic mass is 19.2. The molecule has 72 valence electrons. The van der Waals surface area contributed by atoms with E-state index in [9.17, 15) is 8.78 Å². The molecular weight excluding hydrogens is 182 g/mol. The highest BCUT2D eigenvalue weighted by Crippen LogP contribution is 2.25. The lowest BCUT2D eigenvalue weighted by Crippen LogP contribution is -1.99. The monoisotopic (exact) mass is 190 g/mol. The number of methoxy groups -OCH3 is 1. The maximum Gasteiger partial charge on any atom is 0.200 e. The molecule has 0 bridgehead atoms. The van der Waals surface area contributed by atoms with Crippen LogP contribution in [0.1, 0.15) is 0 Å². The van der Waals surface area contributed by atoms with Crippen molar-refractivity contribution < 1.29 is 23.4 Å². The molecule has 0 aromatic heterocycles. The fourth-order valence-electron chi connectivity index (χ4n) is 0.761. The molecule has 0 aliphatic heterocycles. The smallest absolute Gasteiger partial charge is 0.200 e. The summed E-state index contributed by atoms with van der Waals surface area (Å²) >= 11 is 0. The lowest BCUT2D eigenvalue weighted by atomic mass is 10.3. The molecule has 0 aliphatic carbocycles. The number of aromatic hydroxyl groups is 1. The van der Waals surface area contributed by atoms with Gasteiger partial charge in [-0.05, 0) is 0 Å². The Kier molecular flexibility index (Phi) is 3.02. The Hall–Kier alpha value is -1.36. The summed E-state index contributed by atoms with van der Waals surface area (Å²) in [6, 6.07) is 1.80. The predicted molar refractivity (Wildman–Crippen MR) is 40.5 cm³/mol. The van der Waals surface area contributed by atoms with Crippen molar-refractivity contribution in [3.05, 3.63) is 23.8 Å². The van der Waals surface area contributed by atoms with Gasteiger partial charge in [0.05, 0.1) is 0 Å². The van der Waals surface area contributed by atoms with Crippen LogP contribution in [-0.4, -0.2) is 19.0 Å². The quantitative estimate of drug-likeness (QED) is 0.736. The number of phenols is 1. The summed E-state index contributed by atoms with van der Waals surface area (Å²) in [7, 11) is 1.39. The summed E-state index contributed by atoms with van der Waals surface area (Å²) in [5, 5.41) is 8.84. The topological polar surface area (TPSA) is 38.7 Å². The Balaban J connectivity index is 2.86. The second-order valence-corrected chi connectivity index (χ2v) is 2.29. The number of hydrogen-bond acceptors (Lipinski definition) is 3. The van der Waals surface area contributed by atoms with Gasteiger partial charge in [-0.15, -0.1) is 0 Å². The van der Waals surface area contributed by atoms with Crippen molar-refractivity contribution in [1.29, 1.82) is 0 Å². The molecule has 0 saturated heterocycles. The molecule has 0 radical (unpaired) electrons. The average molecular weight is 190 g/mol. The molecule has 0 aliphatic rings. The van der Waals surface area contributed by atoms with Gasteiger partial charge in [-0.2, -0.15) is 4.39 Å². The molecular formula is C8H8F2O3. The summed E-state index contributed by atoms with van der Waals surface area (Å²) in [6.45, 7) is -0.0927. The van der Waals surface area contributed by atoms with E-state index in [1.807, 2.05) is 0 Å². The van der Waals surface area contributed by atoms with Gasteiger partial charge < -0.3 is 14.6 Å². The molecule has 0 heterocycles. The van der Waals surface area contributed by atoms with Crippen molar-refractivity contribution in [1.82, 2.24) is 0 Å². The lowest BCUT2D eigenvalue weighted by molar-refractivity contribution is 0.0506. The van der Waals surface area contributed by atoms with Gasteiger partial charge in [0.2, 0.25) is 5.82 Å². The van der Waals surface area contributed by atoms with Crippen LogP contribution in [0.4, 0.5) is 8.78 Å². The van der Waals surface area contributed by atoms with Crippen LogP contribution < -0.4 is 4.74 Å². The highest BCUT2D eigenvalue weighted by molar-refractivity contribution is 5.34. The molecule has 0 amide bonds. The minimum Gasteiger partial charge on any atom is -0.505 e. The zero-order valence-corrected chi connectivity index (χ0v) is 6.88. The van der Waals surface area contributed by atoms with Gasteiger partial charge in [-0.25, -0.2) is 4.39 Å². The lowest BCUT2D eigenvalue weighted by Gasteiger charge is -2.05. The van der Waals surface area contributed by atoms with E-state index in [-0.39, 0.29) is 12.5 Å². The Bertz CT molecular complexity index is 278. The molecule has 0 spiro atoms. The number of hydrogen-bond donors (Lipinski definition) is 1. The van der Waals surface area contributed by atoms with Crippen molar-refractivity contribution >= 4 is 0 Å². The molecule has 13 heavy (non-hydrogen) atoms. The Morgan fingerprint density at radius 2 is 2.08 bits per heavy atom. The van der Waals surface area contributed by atoms with E-state index in [1.54, 1.807) is 0 Å². The first-order valence-corrected chi connectivity index (χ1v) is 3.45. The second kappa shape index (κ2) is 4.04. The fraction of sp³-hybridized carbons (Fsp3) is 0.250. The van der Waals surface area contributed by atoms with Crippen LogP contribution in [0.25, 0.3) is 0 Å². The van der Waals surface area contributed by atoms with Gasteiger partial charge in [-0.1, -0.05) is 0 Å². The normalized spacial score (nSPS) is 10.1. The number of rotatable bonds is 3. The SMILES string of the molecule is COCOc1cc(O)c(F)c(F)c1. The maximum absolute atomic E-state index is 12.6. The number of benzene rings is 1. The summed E-state index contributed by atoms with van der Waals surface area (Å²) < 4.78 is 34.5. The third-order valence-electron chi connectivity index (χ3n) is 1.33. The first-order chi connectivity index (χ1) is 6.15. The van der Waals surface area contributed by atoms with Gasteiger partial charge in [0, 0.05) is 19.2 Å². The molecule has 1 aromatic carbocycles. The van der Waals surface area contributed by atoms with E-state index >= 15 is 0 Å². The molecule has 3 nitrogen and oxygen atoms in total. The van der Waals surface area contributed by atoms with Crippen LogP contribution in [-0.2, 0) is 4.74 Å². The molecule has 1 rings (SSSR count). The highest BCUT2D eigenvalue weighted by Gasteiger charge is 2.09. The minimum absolute atomic E-state index is 0.0123. The second-order valence-electron chi connectivity index (χ2n) is 2.29. The van der Waals surface area contributed by atoms with Crippen LogP contribution in [0.3, 0.4) is 0 Å². The third kappa shape index (κ3) is 2.29. The molecule has 1 N–H and O–H groups in total. The zero-order chi connectivity index (χ0) is 9.84. The van der Waals surface area contributed by atoms with Crippen molar-refractivity contribution in [3.8, 4) is 11.5 Å². The summed E-state index contributed by atoms with van der Waals surface area (Å²) in [4.78, 5) is 0. The molecule has 0 fully saturated rings. The third-order valence-corrected chi connectivity index (χ3v) is 1.33.